The topological polar surface area (TPSA) is 93.1 Å². The van der Waals surface area contributed by atoms with Crippen LogP contribution in [0.15, 0.2) is 6.33 Å². The molecule has 0 unspecified atom stereocenters. The van der Waals surface area contributed by atoms with E-state index < -0.39 is 0 Å². The smallest absolute Gasteiger partial charge is 0.157 e. The third kappa shape index (κ3) is 1.56. The molecule has 0 spiro atoms. The zero-order valence-electron chi connectivity index (χ0n) is 7.90. The van der Waals surface area contributed by atoms with Crippen LogP contribution in [0.2, 0.25) is 0 Å². The highest BCUT2D eigenvalue weighted by Gasteiger charge is 2.15. The van der Waals surface area contributed by atoms with Gasteiger partial charge in [-0.15, -0.1) is 0 Å². The minimum absolute atomic E-state index is 0.355. The lowest BCUT2D eigenvalue weighted by molar-refractivity contribution is 0.585. The molecule has 0 amide bonds. The van der Waals surface area contributed by atoms with Crippen molar-refractivity contribution in [2.24, 2.45) is 0 Å². The summed E-state index contributed by atoms with van der Waals surface area (Å²) >= 11 is 0. The maximum atomic E-state index is 5.80. The first-order valence-corrected chi connectivity index (χ1v) is 4.60. The highest BCUT2D eigenvalue weighted by molar-refractivity contribution is 5.73. The molecule has 5 N–H and O–H groups in total. The summed E-state index contributed by atoms with van der Waals surface area (Å²) in [6.45, 7) is 3.70. The average Bonchev–Trinajstić information content (AvgIpc) is 2.23. The zero-order valence-corrected chi connectivity index (χ0v) is 7.90. The average molecular weight is 194 g/mol. The Morgan fingerprint density at radius 3 is 2.64 bits per heavy atom. The Hall–Kier alpha value is -1.56. The molecule has 1 aromatic rings. The standard InChI is InChI=1S/C8H14N6/c9-6-7(10)12-5-13-8(6)14-3-1-11-2-4-14/h5,11H,1-4,9H2,(H2,10,12,13). The third-order valence-electron chi connectivity index (χ3n) is 2.31. The highest BCUT2D eigenvalue weighted by Crippen LogP contribution is 2.23. The Balaban J connectivity index is 2.26. The van der Waals surface area contributed by atoms with E-state index in [0.29, 0.717) is 11.5 Å². The number of hydrogen-bond acceptors (Lipinski definition) is 6. The molecule has 1 aliphatic rings. The van der Waals surface area contributed by atoms with Crippen LogP contribution in [0.25, 0.3) is 0 Å². The number of piperazine rings is 1. The normalized spacial score (nSPS) is 17.0. The first-order valence-electron chi connectivity index (χ1n) is 4.60. The first kappa shape index (κ1) is 9.01. The Kier molecular flexibility index (Phi) is 2.36. The van der Waals surface area contributed by atoms with Gasteiger partial charge in [0.2, 0.25) is 0 Å². The largest absolute Gasteiger partial charge is 0.393 e. The van der Waals surface area contributed by atoms with Crippen LogP contribution in [0.1, 0.15) is 0 Å². The third-order valence-corrected chi connectivity index (χ3v) is 2.31. The maximum Gasteiger partial charge on any atom is 0.157 e. The van der Waals surface area contributed by atoms with Gasteiger partial charge in [-0.05, 0) is 0 Å². The molecule has 1 aromatic heterocycles. The van der Waals surface area contributed by atoms with E-state index in [9.17, 15) is 0 Å². The second-order valence-electron chi connectivity index (χ2n) is 3.23. The number of anilines is 3. The van der Waals surface area contributed by atoms with E-state index in [0.717, 1.165) is 32.0 Å². The van der Waals surface area contributed by atoms with Crippen molar-refractivity contribution in [3.05, 3.63) is 6.33 Å². The SMILES string of the molecule is Nc1ncnc(N2CCNCC2)c1N. The van der Waals surface area contributed by atoms with Gasteiger partial charge in [0.25, 0.3) is 0 Å². The second kappa shape index (κ2) is 3.67. The van der Waals surface area contributed by atoms with E-state index in [1.807, 2.05) is 0 Å². The Bertz CT molecular complexity index is 320. The van der Waals surface area contributed by atoms with Gasteiger partial charge in [0, 0.05) is 26.2 Å². The molecule has 0 atom stereocenters. The van der Waals surface area contributed by atoms with E-state index in [-0.39, 0.29) is 0 Å². The van der Waals surface area contributed by atoms with Gasteiger partial charge in [-0.3, -0.25) is 0 Å². The lowest BCUT2D eigenvalue weighted by Gasteiger charge is -2.29. The summed E-state index contributed by atoms with van der Waals surface area (Å²) < 4.78 is 0. The molecule has 2 heterocycles. The molecule has 14 heavy (non-hydrogen) atoms. The van der Waals surface area contributed by atoms with Crippen LogP contribution >= 0.6 is 0 Å². The molecule has 0 aliphatic carbocycles. The molecule has 0 aromatic carbocycles. The molecule has 76 valence electrons. The summed E-state index contributed by atoms with van der Waals surface area (Å²) in [6.07, 6.45) is 1.45. The molecule has 1 saturated heterocycles. The molecule has 0 radical (unpaired) electrons. The van der Waals surface area contributed by atoms with Gasteiger partial charge in [-0.25, -0.2) is 9.97 Å². The van der Waals surface area contributed by atoms with Crippen molar-refractivity contribution in [2.75, 3.05) is 42.5 Å². The quantitative estimate of drug-likeness (QED) is 0.534. The van der Waals surface area contributed by atoms with Crippen LogP contribution in [-0.4, -0.2) is 36.1 Å². The van der Waals surface area contributed by atoms with Crippen LogP contribution in [0.3, 0.4) is 0 Å². The zero-order chi connectivity index (χ0) is 9.97. The van der Waals surface area contributed by atoms with E-state index in [2.05, 4.69) is 20.2 Å². The van der Waals surface area contributed by atoms with Gasteiger partial charge in [-0.2, -0.15) is 0 Å². The lowest BCUT2D eigenvalue weighted by Crippen LogP contribution is -2.44. The fourth-order valence-electron chi connectivity index (χ4n) is 1.53. The maximum absolute atomic E-state index is 5.80. The summed E-state index contributed by atoms with van der Waals surface area (Å²) in [5.41, 5.74) is 11.9. The second-order valence-corrected chi connectivity index (χ2v) is 3.23. The van der Waals surface area contributed by atoms with Crippen molar-refractivity contribution in [1.82, 2.24) is 15.3 Å². The minimum Gasteiger partial charge on any atom is -0.393 e. The fraction of sp³-hybridized carbons (Fsp3) is 0.500. The van der Waals surface area contributed by atoms with Crippen molar-refractivity contribution in [2.45, 2.75) is 0 Å². The van der Waals surface area contributed by atoms with Gasteiger partial charge in [0.1, 0.15) is 12.0 Å². The van der Waals surface area contributed by atoms with Crippen molar-refractivity contribution in [1.29, 1.82) is 0 Å². The van der Waals surface area contributed by atoms with Crippen molar-refractivity contribution in [3.63, 3.8) is 0 Å². The van der Waals surface area contributed by atoms with Crippen molar-refractivity contribution >= 4 is 17.3 Å². The van der Waals surface area contributed by atoms with Crippen molar-refractivity contribution < 1.29 is 0 Å². The van der Waals surface area contributed by atoms with Crippen LogP contribution in [0.5, 0.6) is 0 Å². The van der Waals surface area contributed by atoms with Crippen LogP contribution < -0.4 is 21.7 Å². The summed E-state index contributed by atoms with van der Waals surface area (Å²) in [7, 11) is 0. The Labute approximate surface area is 82.3 Å². The number of nitrogens with two attached hydrogens (primary N) is 2. The van der Waals surface area contributed by atoms with Crippen LogP contribution in [0, 0.1) is 0 Å². The monoisotopic (exact) mass is 194 g/mol. The molecule has 0 saturated carbocycles. The summed E-state index contributed by atoms with van der Waals surface area (Å²) in [5, 5.41) is 3.26. The van der Waals surface area contributed by atoms with Gasteiger partial charge >= 0.3 is 0 Å². The number of nitrogen functional groups attached to an aromatic ring is 2. The number of nitrogens with zero attached hydrogens (tertiary/aromatic N) is 3. The predicted molar refractivity (Wildman–Crippen MR) is 55.9 cm³/mol. The predicted octanol–water partition coefficient (Wildman–Crippen LogP) is -0.949. The fourth-order valence-corrected chi connectivity index (χ4v) is 1.53. The van der Waals surface area contributed by atoms with Gasteiger partial charge in [0.15, 0.2) is 11.6 Å². The Morgan fingerprint density at radius 1 is 1.21 bits per heavy atom. The number of nitrogens with one attached hydrogen (secondary N) is 1. The molecular formula is C8H14N6. The van der Waals surface area contributed by atoms with Crippen LogP contribution in [-0.2, 0) is 0 Å². The Morgan fingerprint density at radius 2 is 1.93 bits per heavy atom. The van der Waals surface area contributed by atoms with E-state index in [4.69, 9.17) is 11.5 Å². The summed E-state index contributed by atoms with van der Waals surface area (Å²) in [4.78, 5) is 10.1. The molecule has 1 fully saturated rings. The molecule has 1 aliphatic heterocycles. The van der Waals surface area contributed by atoms with Gasteiger partial charge in [0.05, 0.1) is 0 Å². The summed E-state index contributed by atoms with van der Waals surface area (Å²) in [6, 6.07) is 0. The van der Waals surface area contributed by atoms with Gasteiger partial charge in [-0.1, -0.05) is 0 Å². The van der Waals surface area contributed by atoms with E-state index >= 15 is 0 Å². The molecule has 0 bridgehead atoms. The molecular weight excluding hydrogens is 180 g/mol. The highest BCUT2D eigenvalue weighted by atomic mass is 15.2. The molecule has 6 heteroatoms. The van der Waals surface area contributed by atoms with E-state index in [1.165, 1.54) is 6.33 Å². The van der Waals surface area contributed by atoms with Gasteiger partial charge < -0.3 is 21.7 Å². The van der Waals surface area contributed by atoms with Crippen molar-refractivity contribution in [3.8, 4) is 0 Å². The first-order chi connectivity index (χ1) is 6.79. The number of rotatable bonds is 1. The number of hydrogen-bond donors (Lipinski definition) is 3. The van der Waals surface area contributed by atoms with Crippen LogP contribution in [0.4, 0.5) is 17.3 Å². The summed E-state index contributed by atoms with van der Waals surface area (Å²) in [5.74, 6) is 1.10. The minimum atomic E-state index is 0.355. The van der Waals surface area contributed by atoms with E-state index in [1.54, 1.807) is 0 Å². The number of aromatic nitrogens is 2. The molecule has 2 rings (SSSR count). The lowest BCUT2D eigenvalue weighted by atomic mass is 10.3. The molecule has 6 nitrogen and oxygen atoms in total.